The monoisotopic (exact) mass is 294 g/mol. The maximum Gasteiger partial charge on any atom is 0.0406 e. The summed E-state index contributed by atoms with van der Waals surface area (Å²) < 4.78 is 0. The van der Waals surface area contributed by atoms with Crippen molar-refractivity contribution in [1.29, 1.82) is 0 Å². The van der Waals surface area contributed by atoms with E-state index >= 15 is 0 Å². The fourth-order valence-electron chi connectivity index (χ4n) is 3.02. The zero-order valence-electron chi connectivity index (χ0n) is 13.3. The van der Waals surface area contributed by atoms with E-state index in [0.29, 0.717) is 6.04 Å². The number of benzene rings is 1. The van der Waals surface area contributed by atoms with Crippen molar-refractivity contribution in [3.8, 4) is 0 Å². The lowest BCUT2D eigenvalue weighted by Crippen LogP contribution is -2.64. The van der Waals surface area contributed by atoms with Crippen LogP contribution < -0.4 is 5.32 Å². The zero-order chi connectivity index (χ0) is 15.0. The highest BCUT2D eigenvalue weighted by molar-refractivity contribution is 6.30. The Kier molecular flexibility index (Phi) is 4.48. The molecule has 1 heterocycles. The van der Waals surface area contributed by atoms with Crippen LogP contribution in [0.4, 0.5) is 0 Å². The van der Waals surface area contributed by atoms with Gasteiger partial charge in [-0.1, -0.05) is 44.5 Å². The molecule has 1 fully saturated rings. The van der Waals surface area contributed by atoms with Gasteiger partial charge in [-0.05, 0) is 37.0 Å². The predicted molar refractivity (Wildman–Crippen MR) is 87.2 cm³/mol. The summed E-state index contributed by atoms with van der Waals surface area (Å²) in [5.74, 6) is 0. The lowest BCUT2D eigenvalue weighted by atomic mass is 9.82. The van der Waals surface area contributed by atoms with Gasteiger partial charge in [-0.2, -0.15) is 0 Å². The Balaban J connectivity index is 2.17. The van der Waals surface area contributed by atoms with Gasteiger partial charge in [0.1, 0.15) is 0 Å². The second-order valence-corrected chi connectivity index (χ2v) is 8.11. The molecule has 0 radical (unpaired) electrons. The molecular weight excluding hydrogens is 268 g/mol. The maximum absolute atomic E-state index is 5.98. The van der Waals surface area contributed by atoms with E-state index in [1.54, 1.807) is 0 Å². The van der Waals surface area contributed by atoms with Crippen LogP contribution >= 0.6 is 11.6 Å². The van der Waals surface area contributed by atoms with Crippen LogP contribution in [0.25, 0.3) is 0 Å². The average Bonchev–Trinajstić information content (AvgIpc) is 2.29. The van der Waals surface area contributed by atoms with Crippen LogP contribution in [0.1, 0.15) is 40.2 Å². The van der Waals surface area contributed by atoms with Crippen molar-refractivity contribution >= 4 is 11.6 Å². The van der Waals surface area contributed by atoms with E-state index in [1.807, 2.05) is 12.1 Å². The van der Waals surface area contributed by atoms with Gasteiger partial charge in [-0.15, -0.1) is 0 Å². The summed E-state index contributed by atoms with van der Waals surface area (Å²) in [4.78, 5) is 2.61. The van der Waals surface area contributed by atoms with Crippen molar-refractivity contribution in [2.24, 2.45) is 5.41 Å². The van der Waals surface area contributed by atoms with Crippen LogP contribution in [0.2, 0.25) is 5.02 Å². The minimum Gasteiger partial charge on any atom is -0.309 e. The highest BCUT2D eigenvalue weighted by atomic mass is 35.5. The molecule has 1 aromatic rings. The van der Waals surface area contributed by atoms with Gasteiger partial charge in [0.2, 0.25) is 0 Å². The number of halogens is 1. The molecule has 1 N–H and O–H groups in total. The number of hydrogen-bond donors (Lipinski definition) is 1. The lowest BCUT2D eigenvalue weighted by molar-refractivity contribution is 0.0272. The van der Waals surface area contributed by atoms with Crippen molar-refractivity contribution in [2.45, 2.75) is 52.7 Å². The summed E-state index contributed by atoms with van der Waals surface area (Å²) in [6, 6.07) is 8.78. The SMILES string of the molecule is CC1(C)CN(Cc2ccc(Cl)cc2)C(C(C)(C)C)CN1. The van der Waals surface area contributed by atoms with E-state index in [-0.39, 0.29) is 11.0 Å². The van der Waals surface area contributed by atoms with E-state index in [9.17, 15) is 0 Å². The van der Waals surface area contributed by atoms with Crippen LogP contribution in [0, 0.1) is 5.41 Å². The molecule has 1 unspecified atom stereocenters. The molecule has 20 heavy (non-hydrogen) atoms. The first-order chi connectivity index (χ1) is 9.17. The van der Waals surface area contributed by atoms with E-state index in [4.69, 9.17) is 11.6 Å². The maximum atomic E-state index is 5.98. The molecule has 0 aromatic heterocycles. The number of rotatable bonds is 2. The Morgan fingerprint density at radius 1 is 1.25 bits per heavy atom. The van der Waals surface area contributed by atoms with Gasteiger partial charge >= 0.3 is 0 Å². The summed E-state index contributed by atoms with van der Waals surface area (Å²) in [7, 11) is 0. The van der Waals surface area contributed by atoms with Crippen LogP contribution in [0.15, 0.2) is 24.3 Å². The highest BCUT2D eigenvalue weighted by Gasteiger charge is 2.38. The minimum atomic E-state index is 0.175. The minimum absolute atomic E-state index is 0.175. The largest absolute Gasteiger partial charge is 0.309 e. The Morgan fingerprint density at radius 3 is 2.40 bits per heavy atom. The Hall–Kier alpha value is -0.570. The smallest absolute Gasteiger partial charge is 0.0406 e. The summed E-state index contributed by atoms with van der Waals surface area (Å²) >= 11 is 5.98. The molecule has 1 aromatic carbocycles. The van der Waals surface area contributed by atoms with Crippen molar-refractivity contribution in [3.63, 3.8) is 0 Å². The molecule has 3 heteroatoms. The lowest BCUT2D eigenvalue weighted by Gasteiger charge is -2.49. The van der Waals surface area contributed by atoms with E-state index < -0.39 is 0 Å². The topological polar surface area (TPSA) is 15.3 Å². The predicted octanol–water partition coefficient (Wildman–Crippen LogP) is 3.94. The van der Waals surface area contributed by atoms with Gasteiger partial charge in [-0.3, -0.25) is 4.90 Å². The number of piperazine rings is 1. The van der Waals surface area contributed by atoms with Crippen LogP contribution in [-0.4, -0.2) is 29.6 Å². The molecule has 112 valence electrons. The Morgan fingerprint density at radius 2 is 1.85 bits per heavy atom. The first-order valence-electron chi connectivity index (χ1n) is 7.41. The molecule has 0 bridgehead atoms. The summed E-state index contributed by atoms with van der Waals surface area (Å²) in [6.45, 7) is 14.6. The molecular formula is C17H27ClN2. The van der Waals surface area contributed by atoms with Gasteiger partial charge < -0.3 is 5.32 Å². The summed E-state index contributed by atoms with van der Waals surface area (Å²) in [6.07, 6.45) is 0. The molecule has 0 saturated carbocycles. The molecule has 1 saturated heterocycles. The van der Waals surface area contributed by atoms with E-state index in [2.05, 4.69) is 57.0 Å². The van der Waals surface area contributed by atoms with Crippen molar-refractivity contribution in [2.75, 3.05) is 13.1 Å². The van der Waals surface area contributed by atoms with Crippen molar-refractivity contribution in [3.05, 3.63) is 34.9 Å². The highest BCUT2D eigenvalue weighted by Crippen LogP contribution is 2.30. The van der Waals surface area contributed by atoms with Gasteiger partial charge in [0.05, 0.1) is 0 Å². The Labute approximate surface area is 128 Å². The third-order valence-electron chi connectivity index (χ3n) is 4.11. The van der Waals surface area contributed by atoms with Crippen LogP contribution in [0.3, 0.4) is 0 Å². The van der Waals surface area contributed by atoms with Crippen LogP contribution in [-0.2, 0) is 6.54 Å². The van der Waals surface area contributed by atoms with E-state index in [1.165, 1.54) is 5.56 Å². The third-order valence-corrected chi connectivity index (χ3v) is 4.36. The number of hydrogen-bond acceptors (Lipinski definition) is 2. The number of nitrogens with one attached hydrogen (secondary N) is 1. The second kappa shape index (κ2) is 5.67. The van der Waals surface area contributed by atoms with Gasteiger partial charge in [-0.25, -0.2) is 0 Å². The molecule has 2 rings (SSSR count). The molecule has 0 aliphatic carbocycles. The molecule has 1 aliphatic rings. The van der Waals surface area contributed by atoms with Gasteiger partial charge in [0.25, 0.3) is 0 Å². The van der Waals surface area contributed by atoms with Crippen LogP contribution in [0.5, 0.6) is 0 Å². The van der Waals surface area contributed by atoms with Crippen molar-refractivity contribution < 1.29 is 0 Å². The Bertz CT molecular complexity index is 445. The zero-order valence-corrected chi connectivity index (χ0v) is 14.1. The fraction of sp³-hybridized carbons (Fsp3) is 0.647. The standard InChI is InChI=1S/C17H27ClN2/c1-16(2,3)15-10-19-17(4,5)12-20(15)11-13-6-8-14(18)9-7-13/h6-9,15,19H,10-12H2,1-5H3. The fourth-order valence-corrected chi connectivity index (χ4v) is 3.15. The first-order valence-corrected chi connectivity index (χ1v) is 7.79. The quantitative estimate of drug-likeness (QED) is 0.889. The normalized spacial score (nSPS) is 23.8. The summed E-state index contributed by atoms with van der Waals surface area (Å²) in [5, 5.41) is 4.48. The molecule has 2 nitrogen and oxygen atoms in total. The van der Waals surface area contributed by atoms with E-state index in [0.717, 1.165) is 24.7 Å². The average molecular weight is 295 g/mol. The first kappa shape index (κ1) is 15.8. The molecule has 0 amide bonds. The molecule has 1 atom stereocenters. The third kappa shape index (κ3) is 3.97. The molecule has 1 aliphatic heterocycles. The van der Waals surface area contributed by atoms with Crippen molar-refractivity contribution in [1.82, 2.24) is 10.2 Å². The molecule has 0 spiro atoms. The van der Waals surface area contributed by atoms with Gasteiger partial charge in [0.15, 0.2) is 0 Å². The van der Waals surface area contributed by atoms with Gasteiger partial charge in [0, 0.05) is 36.2 Å². The summed E-state index contributed by atoms with van der Waals surface area (Å²) in [5.41, 5.74) is 1.78. The number of nitrogens with zero attached hydrogens (tertiary/aromatic N) is 1. The second-order valence-electron chi connectivity index (χ2n) is 7.68.